The third-order valence-corrected chi connectivity index (χ3v) is 7.21. The summed E-state index contributed by atoms with van der Waals surface area (Å²) in [5.74, 6) is 0. The summed E-state index contributed by atoms with van der Waals surface area (Å²) in [5.41, 5.74) is 0.934. The van der Waals surface area contributed by atoms with E-state index in [2.05, 4.69) is 6.07 Å². The fraction of sp³-hybridized carbons (Fsp3) is 0.0526. The van der Waals surface area contributed by atoms with Gasteiger partial charge in [0.05, 0.1) is 19.6 Å². The predicted octanol–water partition coefficient (Wildman–Crippen LogP) is 3.46. The molecule has 0 saturated carbocycles. The molecule has 0 bridgehead atoms. The van der Waals surface area contributed by atoms with Gasteiger partial charge >= 0.3 is 0 Å². The van der Waals surface area contributed by atoms with E-state index < -0.39 is 19.7 Å². The Kier molecular flexibility index (Phi) is 4.49. The van der Waals surface area contributed by atoms with Crippen molar-refractivity contribution in [3.05, 3.63) is 84.4 Å². The van der Waals surface area contributed by atoms with Crippen LogP contribution in [0.5, 0.6) is 0 Å². The Labute approximate surface area is 147 Å². The minimum atomic E-state index is -3.84. The lowest BCUT2D eigenvalue weighted by Gasteiger charge is -2.08. The lowest BCUT2D eigenvalue weighted by molar-refractivity contribution is 0.594. The highest BCUT2D eigenvalue weighted by Crippen LogP contribution is 2.26. The van der Waals surface area contributed by atoms with Crippen molar-refractivity contribution in [2.24, 2.45) is 0 Å². The zero-order valence-corrected chi connectivity index (χ0v) is 15.0. The third kappa shape index (κ3) is 3.36. The Bertz CT molecular complexity index is 1100. The van der Waals surface area contributed by atoms with Crippen LogP contribution < -0.4 is 0 Å². The Morgan fingerprint density at radius 2 is 1.28 bits per heavy atom. The smallest absolute Gasteiger partial charge is 0.207 e. The van der Waals surface area contributed by atoms with E-state index in [1.54, 1.807) is 30.3 Å². The Balaban J connectivity index is 2.10. The van der Waals surface area contributed by atoms with E-state index >= 15 is 0 Å². The van der Waals surface area contributed by atoms with Crippen LogP contribution in [-0.2, 0) is 19.7 Å². The van der Waals surface area contributed by atoms with E-state index in [1.807, 2.05) is 6.92 Å². The van der Waals surface area contributed by atoms with Gasteiger partial charge in [0.2, 0.25) is 19.7 Å². The van der Waals surface area contributed by atoms with Crippen molar-refractivity contribution in [3.8, 4) is 0 Å². The number of hydrogen-bond donors (Lipinski definition) is 0. The van der Waals surface area contributed by atoms with E-state index in [4.69, 9.17) is 0 Å². The Hall–Kier alpha value is -2.44. The van der Waals surface area contributed by atoms with Crippen LogP contribution in [0.1, 0.15) is 5.56 Å². The van der Waals surface area contributed by atoms with Gasteiger partial charge in [0.1, 0.15) is 0 Å². The Morgan fingerprint density at radius 3 is 1.92 bits per heavy atom. The SMILES string of the molecule is Cc1ccc(S(=O)(=O)c2[c]ccc(S(=O)(=O)c3ccccc3)c2)cc1. The molecule has 0 saturated heterocycles. The number of benzene rings is 3. The number of rotatable bonds is 4. The van der Waals surface area contributed by atoms with Crippen molar-refractivity contribution in [1.82, 2.24) is 0 Å². The third-order valence-electron chi connectivity index (χ3n) is 3.73. The second-order valence-corrected chi connectivity index (χ2v) is 9.39. The van der Waals surface area contributed by atoms with Crippen LogP contribution >= 0.6 is 0 Å². The van der Waals surface area contributed by atoms with E-state index in [0.717, 1.165) is 11.6 Å². The highest BCUT2D eigenvalue weighted by atomic mass is 32.2. The molecule has 0 atom stereocenters. The summed E-state index contributed by atoms with van der Waals surface area (Å²) < 4.78 is 50.8. The van der Waals surface area contributed by atoms with Gasteiger partial charge in [0.15, 0.2) is 0 Å². The van der Waals surface area contributed by atoms with E-state index in [0.29, 0.717) is 0 Å². The topological polar surface area (TPSA) is 68.3 Å². The van der Waals surface area contributed by atoms with E-state index in [9.17, 15) is 16.8 Å². The lowest BCUT2D eigenvalue weighted by atomic mass is 10.2. The van der Waals surface area contributed by atoms with Gasteiger partial charge in [-0.3, -0.25) is 0 Å². The maximum absolute atomic E-state index is 12.7. The molecular formula is C19H15O4S2. The molecule has 0 spiro atoms. The fourth-order valence-electron chi connectivity index (χ4n) is 2.33. The van der Waals surface area contributed by atoms with Gasteiger partial charge in [0, 0.05) is 6.07 Å². The van der Waals surface area contributed by atoms with Crippen molar-refractivity contribution in [1.29, 1.82) is 0 Å². The van der Waals surface area contributed by atoms with Crippen LogP contribution in [0.3, 0.4) is 0 Å². The molecule has 0 unspecified atom stereocenters. The maximum atomic E-state index is 12.7. The molecule has 3 rings (SSSR count). The lowest BCUT2D eigenvalue weighted by Crippen LogP contribution is -2.06. The first kappa shape index (κ1) is 17.4. The summed E-state index contributed by atoms with van der Waals surface area (Å²) in [4.78, 5) is -0.0417. The fourth-order valence-corrected chi connectivity index (χ4v) is 4.96. The number of hydrogen-bond acceptors (Lipinski definition) is 4. The summed E-state index contributed by atoms with van der Waals surface area (Å²) in [6.45, 7) is 1.86. The summed E-state index contributed by atoms with van der Waals surface area (Å²) in [6.07, 6.45) is 0. The first-order valence-electron chi connectivity index (χ1n) is 7.45. The van der Waals surface area contributed by atoms with Crippen LogP contribution in [0.2, 0.25) is 0 Å². The van der Waals surface area contributed by atoms with Crippen LogP contribution in [0, 0.1) is 13.0 Å². The Morgan fingerprint density at radius 1 is 0.680 bits per heavy atom. The average Bonchev–Trinajstić information content (AvgIpc) is 2.63. The zero-order chi connectivity index (χ0) is 18.1. The molecule has 1 radical (unpaired) electrons. The van der Waals surface area contributed by atoms with Gasteiger partial charge in [-0.15, -0.1) is 0 Å². The quantitative estimate of drug-likeness (QED) is 0.704. The molecule has 0 N–H and O–H groups in total. The van der Waals surface area contributed by atoms with Crippen LogP contribution in [0.4, 0.5) is 0 Å². The molecule has 0 aromatic heterocycles. The van der Waals surface area contributed by atoms with Crippen LogP contribution in [0.15, 0.2) is 92.4 Å². The molecule has 127 valence electrons. The van der Waals surface area contributed by atoms with E-state index in [1.165, 1.54) is 36.4 Å². The summed E-state index contributed by atoms with van der Waals surface area (Å²) in [7, 11) is -7.64. The molecule has 25 heavy (non-hydrogen) atoms. The van der Waals surface area contributed by atoms with Crippen molar-refractivity contribution in [2.45, 2.75) is 26.5 Å². The molecule has 0 fully saturated rings. The zero-order valence-electron chi connectivity index (χ0n) is 13.4. The molecule has 3 aromatic rings. The van der Waals surface area contributed by atoms with Gasteiger partial charge in [-0.2, -0.15) is 0 Å². The number of aryl methyl sites for hydroxylation is 1. The first-order chi connectivity index (χ1) is 11.8. The van der Waals surface area contributed by atoms with Gasteiger partial charge in [-0.25, -0.2) is 16.8 Å². The molecule has 0 heterocycles. The maximum Gasteiger partial charge on any atom is 0.207 e. The molecule has 6 heteroatoms. The van der Waals surface area contributed by atoms with Gasteiger partial charge in [-0.05, 0) is 43.3 Å². The molecular weight excluding hydrogens is 356 g/mol. The predicted molar refractivity (Wildman–Crippen MR) is 93.8 cm³/mol. The summed E-state index contributed by atoms with van der Waals surface area (Å²) in [5, 5.41) is 0. The molecule has 0 amide bonds. The molecule has 3 aromatic carbocycles. The molecule has 4 nitrogen and oxygen atoms in total. The van der Waals surface area contributed by atoms with E-state index in [-0.39, 0.29) is 19.6 Å². The standard InChI is InChI=1S/C19H15O4S2/c1-15-10-12-17(13-11-15)25(22,23)19-9-5-8-18(14-19)24(20,21)16-6-3-2-4-7-16/h2-8,10-14H,1H3. The van der Waals surface area contributed by atoms with Crippen LogP contribution in [0.25, 0.3) is 0 Å². The van der Waals surface area contributed by atoms with Gasteiger partial charge in [0.25, 0.3) is 0 Å². The highest BCUT2D eigenvalue weighted by Gasteiger charge is 2.22. The van der Waals surface area contributed by atoms with Crippen molar-refractivity contribution < 1.29 is 16.8 Å². The minimum absolute atomic E-state index is 0.0804. The molecule has 0 aliphatic heterocycles. The van der Waals surface area contributed by atoms with Crippen LogP contribution in [-0.4, -0.2) is 16.8 Å². The monoisotopic (exact) mass is 371 g/mol. The summed E-state index contributed by atoms with van der Waals surface area (Å²) in [6, 6.07) is 20.7. The normalized spacial score (nSPS) is 12.0. The second kappa shape index (κ2) is 6.46. The minimum Gasteiger partial charge on any atom is -0.219 e. The van der Waals surface area contributed by atoms with Crippen molar-refractivity contribution in [3.63, 3.8) is 0 Å². The van der Waals surface area contributed by atoms with Crippen molar-refractivity contribution >= 4 is 19.7 Å². The second-order valence-electron chi connectivity index (χ2n) is 5.52. The average molecular weight is 371 g/mol. The molecule has 0 aliphatic rings. The van der Waals surface area contributed by atoms with Gasteiger partial charge < -0.3 is 0 Å². The summed E-state index contributed by atoms with van der Waals surface area (Å²) >= 11 is 0. The van der Waals surface area contributed by atoms with Gasteiger partial charge in [-0.1, -0.05) is 42.0 Å². The number of sulfone groups is 2. The highest BCUT2D eigenvalue weighted by molar-refractivity contribution is 7.92. The first-order valence-corrected chi connectivity index (χ1v) is 10.4. The molecule has 0 aliphatic carbocycles. The largest absolute Gasteiger partial charge is 0.219 e. The van der Waals surface area contributed by atoms with Crippen molar-refractivity contribution in [2.75, 3.05) is 0 Å².